The van der Waals surface area contributed by atoms with Crippen LogP contribution in [0.1, 0.15) is 16.7 Å². The molecule has 0 spiro atoms. The van der Waals surface area contributed by atoms with Gasteiger partial charge >= 0.3 is 5.91 Å². The van der Waals surface area contributed by atoms with Crippen molar-refractivity contribution in [3.8, 4) is 11.5 Å². The molecule has 134 valence electrons. The lowest BCUT2D eigenvalue weighted by Gasteiger charge is -2.16. The van der Waals surface area contributed by atoms with Crippen LogP contribution in [0.2, 0.25) is 0 Å². The van der Waals surface area contributed by atoms with Crippen LogP contribution in [0, 0.1) is 13.8 Å². The number of amides is 2. The molecule has 0 saturated carbocycles. The molecule has 0 saturated heterocycles. The number of hydrogen-bond donors (Lipinski definition) is 1. The number of carbonyl (C=O) groups excluding carboxylic acids is 2. The standard InChI is InChI=1S/C20H19NO5/c1-11-5-7-14(9-12(11)2)21-19(23)17(18(22)20(21)24)13-6-8-15(25-3)16(10-13)26-4/h5-10,22H,1-4H3. The van der Waals surface area contributed by atoms with Gasteiger partial charge in [-0.05, 0) is 54.8 Å². The SMILES string of the molecule is COc1ccc(C2=C(O)C(=O)N(c3ccc(C)c(C)c3)C2=O)cc1OC. The molecule has 0 aromatic heterocycles. The summed E-state index contributed by atoms with van der Waals surface area (Å²) in [6.07, 6.45) is 0. The monoisotopic (exact) mass is 353 g/mol. The topological polar surface area (TPSA) is 76.1 Å². The van der Waals surface area contributed by atoms with Crippen LogP contribution < -0.4 is 14.4 Å². The van der Waals surface area contributed by atoms with E-state index >= 15 is 0 Å². The summed E-state index contributed by atoms with van der Waals surface area (Å²) in [7, 11) is 2.97. The Morgan fingerprint density at radius 1 is 0.846 bits per heavy atom. The van der Waals surface area contributed by atoms with Crippen molar-refractivity contribution >= 4 is 23.1 Å². The van der Waals surface area contributed by atoms with Gasteiger partial charge in [-0.3, -0.25) is 9.59 Å². The van der Waals surface area contributed by atoms with E-state index in [1.54, 1.807) is 30.3 Å². The molecule has 1 N–H and O–H groups in total. The van der Waals surface area contributed by atoms with Gasteiger partial charge in [0.05, 0.1) is 25.5 Å². The largest absolute Gasteiger partial charge is 0.502 e. The first-order valence-electron chi connectivity index (χ1n) is 8.00. The van der Waals surface area contributed by atoms with Gasteiger partial charge in [0.25, 0.3) is 5.91 Å². The maximum atomic E-state index is 12.9. The smallest absolute Gasteiger partial charge is 0.301 e. The van der Waals surface area contributed by atoms with Gasteiger partial charge in [-0.25, -0.2) is 4.90 Å². The summed E-state index contributed by atoms with van der Waals surface area (Å²) >= 11 is 0. The Kier molecular flexibility index (Phi) is 4.42. The number of rotatable bonds is 4. The number of ether oxygens (including phenoxy) is 2. The molecule has 0 fully saturated rings. The van der Waals surface area contributed by atoms with Crippen molar-refractivity contribution in [3.05, 3.63) is 58.8 Å². The van der Waals surface area contributed by atoms with E-state index in [0.717, 1.165) is 16.0 Å². The van der Waals surface area contributed by atoms with Crippen LogP contribution in [0.15, 0.2) is 42.2 Å². The van der Waals surface area contributed by atoms with Gasteiger partial charge in [-0.1, -0.05) is 12.1 Å². The van der Waals surface area contributed by atoms with E-state index in [9.17, 15) is 14.7 Å². The first-order chi connectivity index (χ1) is 12.4. The van der Waals surface area contributed by atoms with Crippen LogP contribution in [0.4, 0.5) is 5.69 Å². The zero-order chi connectivity index (χ0) is 19.0. The van der Waals surface area contributed by atoms with Crippen LogP contribution in [-0.4, -0.2) is 31.1 Å². The Morgan fingerprint density at radius 2 is 1.54 bits per heavy atom. The lowest BCUT2D eigenvalue weighted by molar-refractivity contribution is -0.121. The molecule has 0 radical (unpaired) electrons. The highest BCUT2D eigenvalue weighted by Crippen LogP contribution is 2.36. The molecule has 0 unspecified atom stereocenters. The lowest BCUT2D eigenvalue weighted by Crippen LogP contribution is -2.31. The average molecular weight is 353 g/mol. The Morgan fingerprint density at radius 3 is 2.15 bits per heavy atom. The van der Waals surface area contributed by atoms with Gasteiger partial charge in [-0.2, -0.15) is 0 Å². The molecule has 1 aliphatic heterocycles. The fraction of sp³-hybridized carbons (Fsp3) is 0.200. The molecule has 0 aliphatic carbocycles. The fourth-order valence-electron chi connectivity index (χ4n) is 2.87. The second kappa shape index (κ2) is 6.55. The lowest BCUT2D eigenvalue weighted by atomic mass is 10.0. The second-order valence-electron chi connectivity index (χ2n) is 6.01. The molecule has 2 aromatic carbocycles. The van der Waals surface area contributed by atoms with Crippen molar-refractivity contribution in [2.45, 2.75) is 13.8 Å². The third-order valence-corrected chi connectivity index (χ3v) is 4.48. The second-order valence-corrected chi connectivity index (χ2v) is 6.01. The number of benzene rings is 2. The van der Waals surface area contributed by atoms with E-state index in [-0.39, 0.29) is 5.57 Å². The first-order valence-corrected chi connectivity index (χ1v) is 8.00. The normalized spacial score (nSPS) is 14.2. The molecule has 26 heavy (non-hydrogen) atoms. The van der Waals surface area contributed by atoms with Gasteiger partial charge in [0.1, 0.15) is 0 Å². The third-order valence-electron chi connectivity index (χ3n) is 4.48. The molecular weight excluding hydrogens is 334 g/mol. The highest BCUT2D eigenvalue weighted by molar-refractivity contribution is 6.44. The Labute approximate surface area is 151 Å². The van der Waals surface area contributed by atoms with Crippen LogP contribution in [-0.2, 0) is 9.59 Å². The van der Waals surface area contributed by atoms with Crippen molar-refractivity contribution in [2.75, 3.05) is 19.1 Å². The van der Waals surface area contributed by atoms with Crippen molar-refractivity contribution < 1.29 is 24.2 Å². The van der Waals surface area contributed by atoms with Crippen LogP contribution in [0.3, 0.4) is 0 Å². The number of nitrogens with zero attached hydrogens (tertiary/aromatic N) is 1. The van der Waals surface area contributed by atoms with Crippen LogP contribution >= 0.6 is 0 Å². The number of hydrogen-bond acceptors (Lipinski definition) is 5. The summed E-state index contributed by atoms with van der Waals surface area (Å²) in [6, 6.07) is 10.0. The fourth-order valence-corrected chi connectivity index (χ4v) is 2.87. The molecule has 0 bridgehead atoms. The third kappa shape index (κ3) is 2.69. The number of anilines is 1. The number of aryl methyl sites for hydroxylation is 2. The average Bonchev–Trinajstić information content (AvgIpc) is 2.86. The predicted molar refractivity (Wildman–Crippen MR) is 97.5 cm³/mol. The maximum absolute atomic E-state index is 12.9. The number of aliphatic hydroxyl groups is 1. The van der Waals surface area contributed by atoms with E-state index in [0.29, 0.717) is 22.7 Å². The zero-order valence-electron chi connectivity index (χ0n) is 15.0. The summed E-state index contributed by atoms with van der Waals surface area (Å²) in [5.41, 5.74) is 2.73. The van der Waals surface area contributed by atoms with Gasteiger partial charge in [0.15, 0.2) is 17.3 Å². The van der Waals surface area contributed by atoms with Crippen molar-refractivity contribution in [1.82, 2.24) is 0 Å². The van der Waals surface area contributed by atoms with E-state index in [4.69, 9.17) is 9.47 Å². The molecule has 1 heterocycles. The van der Waals surface area contributed by atoms with E-state index in [1.165, 1.54) is 14.2 Å². The minimum atomic E-state index is -0.747. The number of methoxy groups -OCH3 is 2. The van der Waals surface area contributed by atoms with Crippen molar-refractivity contribution in [2.24, 2.45) is 0 Å². The van der Waals surface area contributed by atoms with Crippen molar-refractivity contribution in [1.29, 1.82) is 0 Å². The molecule has 2 aromatic rings. The molecule has 1 aliphatic rings. The molecule has 6 heteroatoms. The minimum absolute atomic E-state index is 0.0609. The quantitative estimate of drug-likeness (QED) is 0.855. The molecule has 3 rings (SSSR count). The predicted octanol–water partition coefficient (Wildman–Crippen LogP) is 3.16. The van der Waals surface area contributed by atoms with Crippen LogP contribution in [0.5, 0.6) is 11.5 Å². The number of carbonyl (C=O) groups is 2. The Bertz CT molecular complexity index is 945. The highest BCUT2D eigenvalue weighted by atomic mass is 16.5. The van der Waals surface area contributed by atoms with Gasteiger partial charge in [0, 0.05) is 0 Å². The van der Waals surface area contributed by atoms with E-state index < -0.39 is 17.6 Å². The molecular formula is C20H19NO5. The van der Waals surface area contributed by atoms with E-state index in [2.05, 4.69) is 0 Å². The van der Waals surface area contributed by atoms with Gasteiger partial charge in [-0.15, -0.1) is 0 Å². The Hall–Kier alpha value is -3.28. The Balaban J connectivity index is 2.05. The van der Waals surface area contributed by atoms with Crippen molar-refractivity contribution in [3.63, 3.8) is 0 Å². The van der Waals surface area contributed by atoms with E-state index in [1.807, 2.05) is 19.9 Å². The summed E-state index contributed by atoms with van der Waals surface area (Å²) in [6.45, 7) is 3.84. The summed E-state index contributed by atoms with van der Waals surface area (Å²) in [4.78, 5) is 26.4. The summed E-state index contributed by atoms with van der Waals surface area (Å²) in [5.74, 6) is -1.03. The maximum Gasteiger partial charge on any atom is 0.301 e. The van der Waals surface area contributed by atoms with Gasteiger partial charge < -0.3 is 14.6 Å². The van der Waals surface area contributed by atoms with Crippen LogP contribution in [0.25, 0.3) is 5.57 Å². The first kappa shape index (κ1) is 17.5. The van der Waals surface area contributed by atoms with Gasteiger partial charge in [0.2, 0.25) is 0 Å². The highest BCUT2D eigenvalue weighted by Gasteiger charge is 2.40. The molecule has 2 amide bonds. The molecule has 0 atom stereocenters. The number of imide groups is 1. The summed E-state index contributed by atoms with van der Waals surface area (Å²) in [5, 5.41) is 10.3. The number of aliphatic hydroxyl groups excluding tert-OH is 1. The summed E-state index contributed by atoms with van der Waals surface area (Å²) < 4.78 is 10.4. The molecule has 6 nitrogen and oxygen atoms in total. The zero-order valence-corrected chi connectivity index (χ0v) is 15.0. The minimum Gasteiger partial charge on any atom is -0.502 e.